The Labute approximate surface area is 60.7 Å². The van der Waals surface area contributed by atoms with Gasteiger partial charge in [-0.3, -0.25) is 0 Å². The summed E-state index contributed by atoms with van der Waals surface area (Å²) in [4.78, 5) is 0. The summed E-state index contributed by atoms with van der Waals surface area (Å²) in [7, 11) is 0. The van der Waals surface area contributed by atoms with Gasteiger partial charge in [-0.15, -0.1) is 37.2 Å². The van der Waals surface area contributed by atoms with Crippen LogP contribution in [0.25, 0.3) is 0 Å². The van der Waals surface area contributed by atoms with E-state index < -0.39 is 0 Å². The highest BCUT2D eigenvalue weighted by Gasteiger charge is 1.18. The van der Waals surface area contributed by atoms with E-state index >= 15 is 0 Å². The molecule has 0 fully saturated rings. The molecule has 1 nitrogen and oxygen atoms in total. The Morgan fingerprint density at radius 3 is 1.17 bits per heavy atom. The second-order valence-corrected chi connectivity index (χ2v) is 0.300. The smallest absolute Gasteiger partial charge is 0.130 e. The van der Waals surface area contributed by atoms with Crippen molar-refractivity contribution in [1.82, 2.24) is 0 Å². The molecule has 0 saturated carbocycles. The molecule has 0 spiro atoms. The van der Waals surface area contributed by atoms with Gasteiger partial charge in [-0.25, -0.2) is 0 Å². The summed E-state index contributed by atoms with van der Waals surface area (Å²) in [6.07, 6.45) is 0. The highest BCUT2D eigenvalue weighted by molar-refractivity contribution is 7.85. The molecule has 0 bridgehead atoms. The van der Waals surface area contributed by atoms with Gasteiger partial charge < -0.3 is 0 Å². The Morgan fingerprint density at radius 2 is 1.17 bits per heavy atom. The monoisotopic (exact) mass is 167 g/mol. The highest BCUT2D eigenvalue weighted by atomic mass is 35.5. The van der Waals surface area contributed by atoms with Gasteiger partial charge in [0.2, 0.25) is 0 Å². The fraction of sp³-hybridized carbons (Fsp3) is 0. The van der Waals surface area contributed by atoms with Crippen molar-refractivity contribution in [2.75, 3.05) is 0 Å². The number of thiocyanates is 1. The summed E-state index contributed by atoms with van der Waals surface area (Å²) in [5.41, 5.74) is 0. The van der Waals surface area contributed by atoms with Gasteiger partial charge in [0.1, 0.15) is 5.40 Å². The molecule has 0 aromatic heterocycles. The van der Waals surface area contributed by atoms with E-state index in [-0.39, 0.29) is 37.2 Å². The summed E-state index contributed by atoms with van der Waals surface area (Å²) < 4.78 is 0. The highest BCUT2D eigenvalue weighted by Crippen LogP contribution is 1.46. The van der Waals surface area contributed by atoms with Crippen molar-refractivity contribution in [2.45, 2.75) is 0 Å². The summed E-state index contributed by atoms with van der Waals surface area (Å²) >= 11 is 3.09. The van der Waals surface area contributed by atoms with Crippen LogP contribution in [0.15, 0.2) is 0 Å². The third kappa shape index (κ3) is 129. The normalized spacial score (nSPS) is 1.33. The molecule has 0 unspecified atom stereocenters. The molecule has 0 aliphatic carbocycles. The molecule has 0 radical (unpaired) electrons. The quantitative estimate of drug-likeness (QED) is 0.432. The van der Waals surface area contributed by atoms with Crippen molar-refractivity contribution < 1.29 is 0 Å². The molecule has 0 N–H and O–H groups in total. The van der Waals surface area contributed by atoms with E-state index in [1.807, 2.05) is 0 Å². The number of hydrogen-bond donors (Lipinski definition) is 1. The minimum Gasteiger partial charge on any atom is -0.185 e. The predicted octanol–water partition coefficient (Wildman–Crippen LogP) is 1.66. The second-order valence-electron chi connectivity index (χ2n) is 0.100. The molecule has 5 heteroatoms. The number of rotatable bonds is 0. The molecule has 6 heavy (non-hydrogen) atoms. The van der Waals surface area contributed by atoms with E-state index in [0.29, 0.717) is 0 Å². The molecule has 0 atom stereocenters. The molecule has 0 amide bonds. The third-order valence-electron chi connectivity index (χ3n) is 0. The van der Waals surface area contributed by atoms with Crippen molar-refractivity contribution in [3.8, 4) is 5.40 Å². The molecule has 0 aromatic carbocycles. The topological polar surface area (TPSA) is 23.8 Å². The van der Waals surface area contributed by atoms with Gasteiger partial charge in [0.15, 0.2) is 0 Å². The van der Waals surface area contributed by atoms with E-state index in [1.165, 1.54) is 5.40 Å². The van der Waals surface area contributed by atoms with Gasteiger partial charge in [0, 0.05) is 0 Å². The van der Waals surface area contributed by atoms with Crippen molar-refractivity contribution in [3.63, 3.8) is 0 Å². The Kier molecular flexibility index (Phi) is 215. The van der Waals surface area contributed by atoms with Crippen molar-refractivity contribution >= 4 is 49.8 Å². The van der Waals surface area contributed by atoms with Gasteiger partial charge in [-0.05, 0) is 0 Å². The standard InChI is InChI=1S/CHNS.3ClH/c2-1-3;;;/h3H;3*1H. The first-order valence-electron chi connectivity index (χ1n) is 0.447. The molecule has 0 aromatic rings. The van der Waals surface area contributed by atoms with E-state index in [4.69, 9.17) is 5.26 Å². The van der Waals surface area contributed by atoms with Gasteiger partial charge in [-0.1, -0.05) is 12.6 Å². The fourth-order valence-electron chi connectivity index (χ4n) is 0. The van der Waals surface area contributed by atoms with Crippen LogP contribution in [-0.4, -0.2) is 0 Å². The van der Waals surface area contributed by atoms with Gasteiger partial charge in [0.05, 0.1) is 0 Å². The lowest BCUT2D eigenvalue weighted by atomic mass is 11.8. The summed E-state index contributed by atoms with van der Waals surface area (Å²) in [6, 6.07) is 0. The van der Waals surface area contributed by atoms with Crippen LogP contribution in [0.4, 0.5) is 0 Å². The van der Waals surface area contributed by atoms with Crippen LogP contribution in [-0.2, 0) is 0 Å². The fourth-order valence-corrected chi connectivity index (χ4v) is 0. The van der Waals surface area contributed by atoms with Crippen LogP contribution in [0.3, 0.4) is 0 Å². The number of nitriles is 1. The van der Waals surface area contributed by atoms with Crippen molar-refractivity contribution in [1.29, 1.82) is 5.26 Å². The zero-order valence-electron chi connectivity index (χ0n) is 2.62. The molecular formula is CH4Cl3NS. The SMILES string of the molecule is Cl.Cl.Cl.N#CS. The Balaban J connectivity index is -0.00000000667. The maximum atomic E-state index is 7.18. The summed E-state index contributed by atoms with van der Waals surface area (Å²) in [5, 5.41) is 8.63. The molecule has 0 aliphatic rings. The lowest BCUT2D eigenvalue weighted by Gasteiger charge is -1.14. The average Bonchev–Trinajstić information content (AvgIpc) is 0.918. The maximum absolute atomic E-state index is 7.18. The van der Waals surface area contributed by atoms with Crippen LogP contribution in [0.1, 0.15) is 0 Å². The minimum absolute atomic E-state index is 0. The number of thiol groups is 1. The second kappa shape index (κ2) is 43.3. The maximum Gasteiger partial charge on any atom is 0.130 e. The lowest BCUT2D eigenvalue weighted by Crippen LogP contribution is -0.961. The molecule has 40 valence electrons. The summed E-state index contributed by atoms with van der Waals surface area (Å²) in [6.45, 7) is 0. The Bertz CT molecular complexity index is 32.3. The van der Waals surface area contributed by atoms with Crippen LogP contribution in [0, 0.1) is 10.7 Å². The number of halogens is 3. The van der Waals surface area contributed by atoms with Crippen molar-refractivity contribution in [3.05, 3.63) is 0 Å². The van der Waals surface area contributed by atoms with Gasteiger partial charge >= 0.3 is 0 Å². The molecule has 0 saturated heterocycles. The van der Waals surface area contributed by atoms with Gasteiger partial charge in [0.25, 0.3) is 0 Å². The van der Waals surface area contributed by atoms with Crippen LogP contribution in [0.5, 0.6) is 0 Å². The first-order valence-corrected chi connectivity index (χ1v) is 0.894. The van der Waals surface area contributed by atoms with Crippen LogP contribution >= 0.6 is 49.8 Å². The zero-order chi connectivity index (χ0) is 2.71. The molecule has 0 heterocycles. The number of nitrogens with zero attached hydrogens (tertiary/aromatic N) is 1. The first kappa shape index (κ1) is 29.8. The Morgan fingerprint density at radius 1 is 1.17 bits per heavy atom. The average molecular weight is 168 g/mol. The lowest BCUT2D eigenvalue weighted by molar-refractivity contribution is 1.57. The van der Waals surface area contributed by atoms with E-state index in [2.05, 4.69) is 12.6 Å². The molecule has 0 aliphatic heterocycles. The molecular weight excluding hydrogens is 164 g/mol. The largest absolute Gasteiger partial charge is 0.185 e. The van der Waals surface area contributed by atoms with E-state index in [1.54, 1.807) is 0 Å². The van der Waals surface area contributed by atoms with E-state index in [0.717, 1.165) is 0 Å². The zero-order valence-corrected chi connectivity index (χ0v) is 5.96. The molecule has 0 rings (SSSR count). The Hall–Kier alpha value is 0.710. The van der Waals surface area contributed by atoms with Crippen LogP contribution in [0.2, 0.25) is 0 Å². The van der Waals surface area contributed by atoms with Gasteiger partial charge in [-0.2, -0.15) is 5.26 Å². The summed E-state index contributed by atoms with van der Waals surface area (Å²) in [5.74, 6) is 0. The third-order valence-corrected chi connectivity index (χ3v) is 0. The predicted molar refractivity (Wildman–Crippen MR) is 36.3 cm³/mol. The minimum atomic E-state index is 0. The number of hydrogen-bond acceptors (Lipinski definition) is 2. The van der Waals surface area contributed by atoms with Crippen LogP contribution < -0.4 is 0 Å². The first-order chi connectivity index (χ1) is 1.41. The van der Waals surface area contributed by atoms with Crippen molar-refractivity contribution in [2.24, 2.45) is 0 Å². The van der Waals surface area contributed by atoms with E-state index in [9.17, 15) is 0 Å².